The average Bonchev–Trinajstić information content (AvgIpc) is 2.24. The summed E-state index contributed by atoms with van der Waals surface area (Å²) in [5, 5.41) is 11.7. The molecule has 0 radical (unpaired) electrons. The third kappa shape index (κ3) is 8.98. The highest BCUT2D eigenvalue weighted by Gasteiger charge is 2.17. The summed E-state index contributed by atoms with van der Waals surface area (Å²) < 4.78 is 0. The lowest BCUT2D eigenvalue weighted by Crippen LogP contribution is -2.34. The van der Waals surface area contributed by atoms with Gasteiger partial charge in [0, 0.05) is 25.5 Å². The van der Waals surface area contributed by atoms with Crippen LogP contribution in [0.3, 0.4) is 0 Å². The van der Waals surface area contributed by atoms with Gasteiger partial charge in [-0.15, -0.1) is 11.6 Å². The number of rotatable bonds is 9. The molecule has 0 aromatic rings. The summed E-state index contributed by atoms with van der Waals surface area (Å²) >= 11 is 5.54. The number of aliphatic hydroxyl groups is 1. The van der Waals surface area contributed by atoms with Crippen molar-refractivity contribution in [1.29, 1.82) is 0 Å². The smallest absolute Gasteiger partial charge is 0.220 e. The van der Waals surface area contributed by atoms with Crippen molar-refractivity contribution in [2.45, 2.75) is 46.0 Å². The zero-order valence-electron chi connectivity index (χ0n) is 10.4. The van der Waals surface area contributed by atoms with Gasteiger partial charge in [0.15, 0.2) is 0 Å². The number of unbranched alkanes of at least 4 members (excludes halogenated alkanes) is 1. The summed E-state index contributed by atoms with van der Waals surface area (Å²) in [5.41, 5.74) is 0.0604. The van der Waals surface area contributed by atoms with Crippen molar-refractivity contribution in [3.63, 3.8) is 0 Å². The predicted octanol–water partition coefficient (Wildman–Crippen LogP) is 2.31. The second-order valence-electron chi connectivity index (χ2n) is 4.91. The minimum absolute atomic E-state index is 0.0604. The molecule has 1 amide bonds. The Morgan fingerprint density at radius 2 is 2.00 bits per heavy atom. The van der Waals surface area contributed by atoms with Crippen LogP contribution in [0.2, 0.25) is 0 Å². The molecule has 0 saturated heterocycles. The molecular weight excluding hydrogens is 226 g/mol. The fourth-order valence-electron chi connectivity index (χ4n) is 1.45. The Hall–Kier alpha value is -0.280. The summed E-state index contributed by atoms with van der Waals surface area (Å²) in [6.07, 6.45) is 4.01. The number of hydrogen-bond acceptors (Lipinski definition) is 2. The molecule has 2 N–H and O–H groups in total. The zero-order valence-corrected chi connectivity index (χ0v) is 11.1. The highest BCUT2D eigenvalue weighted by molar-refractivity contribution is 6.17. The number of halogens is 1. The fourth-order valence-corrected chi connectivity index (χ4v) is 1.64. The standard InChI is InChI=1S/C12H24ClNO2/c1-12(2,7-5-9-15)10-14-11(16)6-3-4-8-13/h15H,3-10H2,1-2H3,(H,14,16). The highest BCUT2D eigenvalue weighted by atomic mass is 35.5. The minimum Gasteiger partial charge on any atom is -0.396 e. The van der Waals surface area contributed by atoms with Gasteiger partial charge in [-0.3, -0.25) is 4.79 Å². The van der Waals surface area contributed by atoms with E-state index in [0.29, 0.717) is 18.8 Å². The zero-order chi connectivity index (χ0) is 12.4. The van der Waals surface area contributed by atoms with Crippen LogP contribution in [0.5, 0.6) is 0 Å². The van der Waals surface area contributed by atoms with Gasteiger partial charge >= 0.3 is 0 Å². The predicted molar refractivity (Wildman–Crippen MR) is 67.7 cm³/mol. The van der Waals surface area contributed by atoms with Gasteiger partial charge < -0.3 is 10.4 Å². The number of nitrogens with one attached hydrogen (secondary N) is 1. The number of amides is 1. The maximum atomic E-state index is 11.4. The Morgan fingerprint density at radius 1 is 1.31 bits per heavy atom. The summed E-state index contributed by atoms with van der Waals surface area (Å²) in [4.78, 5) is 11.4. The quantitative estimate of drug-likeness (QED) is 0.487. The Kier molecular flexibility index (Phi) is 8.67. The molecule has 0 saturated carbocycles. The molecule has 0 aliphatic carbocycles. The second kappa shape index (κ2) is 8.82. The highest BCUT2D eigenvalue weighted by Crippen LogP contribution is 2.20. The van der Waals surface area contributed by atoms with Crippen LogP contribution >= 0.6 is 11.6 Å². The summed E-state index contributed by atoms with van der Waals surface area (Å²) in [6, 6.07) is 0. The van der Waals surface area contributed by atoms with E-state index in [0.717, 1.165) is 25.7 Å². The molecule has 0 unspecified atom stereocenters. The number of aliphatic hydroxyl groups excluding tert-OH is 1. The Labute approximate surface area is 104 Å². The van der Waals surface area contributed by atoms with E-state index in [1.54, 1.807) is 0 Å². The fraction of sp³-hybridized carbons (Fsp3) is 0.917. The van der Waals surface area contributed by atoms with Gasteiger partial charge in [-0.05, 0) is 31.1 Å². The van der Waals surface area contributed by atoms with Crippen LogP contribution in [0.4, 0.5) is 0 Å². The largest absolute Gasteiger partial charge is 0.396 e. The van der Waals surface area contributed by atoms with Crippen LogP contribution in [-0.4, -0.2) is 30.0 Å². The van der Waals surface area contributed by atoms with Crippen LogP contribution in [0, 0.1) is 5.41 Å². The first-order valence-corrected chi connectivity index (χ1v) is 6.49. The maximum Gasteiger partial charge on any atom is 0.220 e. The van der Waals surface area contributed by atoms with Crippen LogP contribution in [0.1, 0.15) is 46.0 Å². The normalized spacial score (nSPS) is 11.5. The minimum atomic E-state index is 0.0604. The lowest BCUT2D eigenvalue weighted by atomic mass is 9.88. The third-order valence-corrected chi connectivity index (χ3v) is 2.83. The summed E-state index contributed by atoms with van der Waals surface area (Å²) in [7, 11) is 0. The SMILES string of the molecule is CC(C)(CCCO)CNC(=O)CCCCCl. The van der Waals surface area contributed by atoms with Gasteiger partial charge in [-0.1, -0.05) is 13.8 Å². The Balaban J connectivity index is 3.64. The van der Waals surface area contributed by atoms with Gasteiger partial charge in [-0.25, -0.2) is 0 Å². The van der Waals surface area contributed by atoms with Crippen molar-refractivity contribution in [2.24, 2.45) is 5.41 Å². The molecule has 0 atom stereocenters. The van der Waals surface area contributed by atoms with Crippen molar-refractivity contribution in [3.05, 3.63) is 0 Å². The molecule has 0 bridgehead atoms. The van der Waals surface area contributed by atoms with E-state index in [2.05, 4.69) is 19.2 Å². The van der Waals surface area contributed by atoms with Gasteiger partial charge in [-0.2, -0.15) is 0 Å². The summed E-state index contributed by atoms with van der Waals surface area (Å²) in [6.45, 7) is 5.09. The molecule has 0 aromatic heterocycles. The molecule has 0 aliphatic heterocycles. The van der Waals surface area contributed by atoms with Gasteiger partial charge in [0.05, 0.1) is 0 Å². The van der Waals surface area contributed by atoms with E-state index < -0.39 is 0 Å². The first-order chi connectivity index (χ1) is 7.52. The lowest BCUT2D eigenvalue weighted by molar-refractivity contribution is -0.121. The number of carbonyl (C=O) groups excluding carboxylic acids is 1. The molecular formula is C12H24ClNO2. The molecule has 16 heavy (non-hydrogen) atoms. The van der Waals surface area contributed by atoms with Gasteiger partial charge in [0.25, 0.3) is 0 Å². The topological polar surface area (TPSA) is 49.3 Å². The van der Waals surface area contributed by atoms with Crippen LogP contribution < -0.4 is 5.32 Å². The van der Waals surface area contributed by atoms with Gasteiger partial charge in [0.2, 0.25) is 5.91 Å². The molecule has 0 spiro atoms. The molecule has 0 rings (SSSR count). The molecule has 0 aliphatic rings. The van der Waals surface area contributed by atoms with Crippen molar-refractivity contribution in [2.75, 3.05) is 19.0 Å². The monoisotopic (exact) mass is 249 g/mol. The first-order valence-electron chi connectivity index (χ1n) is 5.95. The van der Waals surface area contributed by atoms with Crippen LogP contribution in [0.25, 0.3) is 0 Å². The lowest BCUT2D eigenvalue weighted by Gasteiger charge is -2.24. The van der Waals surface area contributed by atoms with E-state index in [4.69, 9.17) is 16.7 Å². The van der Waals surface area contributed by atoms with Crippen molar-refractivity contribution < 1.29 is 9.90 Å². The number of carbonyl (C=O) groups is 1. The van der Waals surface area contributed by atoms with E-state index >= 15 is 0 Å². The van der Waals surface area contributed by atoms with Crippen molar-refractivity contribution in [3.8, 4) is 0 Å². The number of alkyl halides is 1. The van der Waals surface area contributed by atoms with E-state index in [-0.39, 0.29) is 17.9 Å². The van der Waals surface area contributed by atoms with Crippen molar-refractivity contribution in [1.82, 2.24) is 5.32 Å². The molecule has 96 valence electrons. The Morgan fingerprint density at radius 3 is 2.56 bits per heavy atom. The molecule has 4 heteroatoms. The van der Waals surface area contributed by atoms with E-state index in [9.17, 15) is 4.79 Å². The maximum absolute atomic E-state index is 11.4. The second-order valence-corrected chi connectivity index (χ2v) is 5.29. The molecule has 0 aromatic carbocycles. The van der Waals surface area contributed by atoms with Gasteiger partial charge in [0.1, 0.15) is 0 Å². The molecule has 0 heterocycles. The van der Waals surface area contributed by atoms with Crippen LogP contribution in [-0.2, 0) is 4.79 Å². The van der Waals surface area contributed by atoms with Crippen molar-refractivity contribution >= 4 is 17.5 Å². The van der Waals surface area contributed by atoms with E-state index in [1.807, 2.05) is 0 Å². The van der Waals surface area contributed by atoms with E-state index in [1.165, 1.54) is 0 Å². The third-order valence-electron chi connectivity index (χ3n) is 2.56. The number of hydrogen-bond donors (Lipinski definition) is 2. The average molecular weight is 250 g/mol. The Bertz CT molecular complexity index is 195. The summed E-state index contributed by atoms with van der Waals surface area (Å²) in [5.74, 6) is 0.720. The van der Waals surface area contributed by atoms with Crippen LogP contribution in [0.15, 0.2) is 0 Å². The molecule has 0 fully saturated rings. The first kappa shape index (κ1) is 15.7. The molecule has 3 nitrogen and oxygen atoms in total.